The van der Waals surface area contributed by atoms with Crippen molar-refractivity contribution in [3.63, 3.8) is 0 Å². The van der Waals surface area contributed by atoms with Crippen molar-refractivity contribution < 1.29 is 17.9 Å². The monoisotopic (exact) mass is 243 g/mol. The summed E-state index contributed by atoms with van der Waals surface area (Å²) in [6.45, 7) is -0.0664. The largest absolute Gasteiger partial charge is 0.468 e. The zero-order chi connectivity index (χ0) is 12.2. The number of nitrogens with one attached hydrogen (secondary N) is 1. The molecule has 5 nitrogen and oxygen atoms in total. The van der Waals surface area contributed by atoms with E-state index in [0.29, 0.717) is 5.69 Å². The van der Waals surface area contributed by atoms with Crippen LogP contribution in [0.25, 0.3) is 0 Å². The van der Waals surface area contributed by atoms with Gasteiger partial charge >= 0.3 is 5.97 Å². The van der Waals surface area contributed by atoms with Gasteiger partial charge in [0, 0.05) is 6.26 Å². The first-order chi connectivity index (χ1) is 7.45. The van der Waals surface area contributed by atoms with E-state index in [-0.39, 0.29) is 11.4 Å². The van der Waals surface area contributed by atoms with Crippen molar-refractivity contribution in [2.24, 2.45) is 0 Å². The quantitative estimate of drug-likeness (QED) is 0.787. The first-order valence-electron chi connectivity index (χ1n) is 4.55. The number of rotatable bonds is 4. The Balaban J connectivity index is 2.93. The highest BCUT2D eigenvalue weighted by Gasteiger charge is 2.12. The van der Waals surface area contributed by atoms with E-state index < -0.39 is 15.8 Å². The van der Waals surface area contributed by atoms with E-state index in [1.54, 1.807) is 18.2 Å². The van der Waals surface area contributed by atoms with Crippen LogP contribution in [0.5, 0.6) is 0 Å². The fraction of sp³-hybridized carbons (Fsp3) is 0.300. The van der Waals surface area contributed by atoms with Gasteiger partial charge in [0.15, 0.2) is 9.84 Å². The van der Waals surface area contributed by atoms with Crippen LogP contribution in [-0.4, -0.2) is 34.3 Å². The summed E-state index contributed by atoms with van der Waals surface area (Å²) in [7, 11) is -2.03. The summed E-state index contributed by atoms with van der Waals surface area (Å²) in [5.74, 6) is -0.455. The van der Waals surface area contributed by atoms with E-state index >= 15 is 0 Å². The minimum Gasteiger partial charge on any atom is -0.468 e. The molecule has 16 heavy (non-hydrogen) atoms. The second kappa shape index (κ2) is 4.98. The van der Waals surface area contributed by atoms with Crippen LogP contribution >= 0.6 is 0 Å². The molecule has 0 aromatic heterocycles. The van der Waals surface area contributed by atoms with E-state index in [2.05, 4.69) is 10.1 Å². The van der Waals surface area contributed by atoms with Crippen LogP contribution in [0.3, 0.4) is 0 Å². The predicted octanol–water partition coefficient (Wildman–Crippen LogP) is 0.675. The standard InChI is InChI=1S/C10H13NO4S/c1-15-10(12)7-11-8-5-3-4-6-9(8)16(2,13)14/h3-6,11H,7H2,1-2H3. The maximum absolute atomic E-state index is 11.4. The van der Waals surface area contributed by atoms with Gasteiger partial charge in [0.1, 0.15) is 6.54 Å². The van der Waals surface area contributed by atoms with Crippen LogP contribution < -0.4 is 5.32 Å². The summed E-state index contributed by atoms with van der Waals surface area (Å²) in [6.07, 6.45) is 1.12. The summed E-state index contributed by atoms with van der Waals surface area (Å²) in [5.41, 5.74) is 0.399. The molecule has 0 heterocycles. The maximum Gasteiger partial charge on any atom is 0.325 e. The molecule has 0 radical (unpaired) electrons. The Bertz CT molecular complexity index is 481. The number of sulfone groups is 1. The molecule has 0 aliphatic heterocycles. The summed E-state index contributed by atoms with van der Waals surface area (Å²) < 4.78 is 27.3. The van der Waals surface area contributed by atoms with Crippen molar-refractivity contribution in [3.8, 4) is 0 Å². The molecule has 0 aliphatic rings. The van der Waals surface area contributed by atoms with Crippen molar-refractivity contribution in [1.29, 1.82) is 0 Å². The van der Waals surface area contributed by atoms with Crippen molar-refractivity contribution in [2.75, 3.05) is 25.2 Å². The highest BCUT2D eigenvalue weighted by molar-refractivity contribution is 7.90. The van der Waals surface area contributed by atoms with Gasteiger partial charge in [0.25, 0.3) is 0 Å². The fourth-order valence-corrected chi connectivity index (χ4v) is 2.04. The first kappa shape index (κ1) is 12.5. The smallest absolute Gasteiger partial charge is 0.325 e. The molecule has 1 N–H and O–H groups in total. The number of esters is 1. The molecule has 0 saturated heterocycles. The lowest BCUT2D eigenvalue weighted by Crippen LogP contribution is -2.16. The second-order valence-electron chi connectivity index (χ2n) is 3.20. The summed E-state index contributed by atoms with van der Waals surface area (Å²) in [6, 6.07) is 6.39. The molecule has 6 heteroatoms. The maximum atomic E-state index is 11.4. The summed E-state index contributed by atoms with van der Waals surface area (Å²) in [4.78, 5) is 11.1. The number of hydrogen-bond donors (Lipinski definition) is 1. The van der Waals surface area contributed by atoms with Crippen molar-refractivity contribution in [1.82, 2.24) is 0 Å². The third-order valence-corrected chi connectivity index (χ3v) is 3.09. The molecule has 0 fully saturated rings. The van der Waals surface area contributed by atoms with Crippen LogP contribution in [0, 0.1) is 0 Å². The number of benzene rings is 1. The Morgan fingerprint density at radius 2 is 2.00 bits per heavy atom. The molecule has 1 aromatic carbocycles. The van der Waals surface area contributed by atoms with Crippen molar-refractivity contribution in [3.05, 3.63) is 24.3 Å². The zero-order valence-electron chi connectivity index (χ0n) is 9.06. The van der Waals surface area contributed by atoms with Gasteiger partial charge in [-0.05, 0) is 12.1 Å². The van der Waals surface area contributed by atoms with Crippen molar-refractivity contribution >= 4 is 21.5 Å². The Labute approximate surface area is 94.3 Å². The third-order valence-electron chi connectivity index (χ3n) is 1.94. The van der Waals surface area contributed by atoms with Crippen LogP contribution in [0.1, 0.15) is 0 Å². The van der Waals surface area contributed by atoms with Crippen LogP contribution in [0.2, 0.25) is 0 Å². The highest BCUT2D eigenvalue weighted by atomic mass is 32.2. The predicted molar refractivity (Wildman–Crippen MR) is 60.1 cm³/mol. The van der Waals surface area contributed by atoms with E-state index in [1.165, 1.54) is 13.2 Å². The molecule has 0 bridgehead atoms. The molecule has 0 aliphatic carbocycles. The zero-order valence-corrected chi connectivity index (χ0v) is 9.87. The van der Waals surface area contributed by atoms with Gasteiger partial charge in [-0.25, -0.2) is 8.42 Å². The lowest BCUT2D eigenvalue weighted by atomic mass is 10.3. The summed E-state index contributed by atoms with van der Waals surface area (Å²) in [5, 5.41) is 2.72. The number of hydrogen-bond acceptors (Lipinski definition) is 5. The Hall–Kier alpha value is -1.56. The van der Waals surface area contributed by atoms with E-state index in [0.717, 1.165) is 6.26 Å². The van der Waals surface area contributed by atoms with Gasteiger partial charge in [0.2, 0.25) is 0 Å². The molecular formula is C10H13NO4S. The molecular weight excluding hydrogens is 230 g/mol. The Morgan fingerprint density at radius 1 is 1.38 bits per heavy atom. The lowest BCUT2D eigenvalue weighted by Gasteiger charge is -2.09. The normalized spacial score (nSPS) is 10.9. The Morgan fingerprint density at radius 3 is 2.56 bits per heavy atom. The summed E-state index contributed by atoms with van der Waals surface area (Å²) >= 11 is 0. The van der Waals surface area contributed by atoms with Crippen LogP contribution in [-0.2, 0) is 19.4 Å². The average Bonchev–Trinajstić information content (AvgIpc) is 2.25. The second-order valence-corrected chi connectivity index (χ2v) is 5.18. The number of carbonyl (C=O) groups excluding carboxylic acids is 1. The number of carbonyl (C=O) groups is 1. The third kappa shape index (κ3) is 3.23. The van der Waals surface area contributed by atoms with Gasteiger partial charge < -0.3 is 10.1 Å². The molecule has 88 valence electrons. The fourth-order valence-electron chi connectivity index (χ4n) is 1.18. The molecule has 0 amide bonds. The topological polar surface area (TPSA) is 72.5 Å². The van der Waals surface area contributed by atoms with Crippen LogP contribution in [0.15, 0.2) is 29.2 Å². The van der Waals surface area contributed by atoms with Crippen molar-refractivity contribution in [2.45, 2.75) is 4.90 Å². The number of para-hydroxylation sites is 1. The molecule has 0 atom stereocenters. The average molecular weight is 243 g/mol. The number of anilines is 1. The number of methoxy groups -OCH3 is 1. The van der Waals surface area contributed by atoms with E-state index in [1.807, 2.05) is 0 Å². The van der Waals surface area contributed by atoms with E-state index in [4.69, 9.17) is 0 Å². The minimum atomic E-state index is -3.30. The molecule has 0 spiro atoms. The first-order valence-corrected chi connectivity index (χ1v) is 6.44. The SMILES string of the molecule is COC(=O)CNc1ccccc1S(C)(=O)=O. The van der Waals surface area contributed by atoms with Gasteiger partial charge in [-0.2, -0.15) is 0 Å². The molecule has 1 rings (SSSR count). The highest BCUT2D eigenvalue weighted by Crippen LogP contribution is 2.20. The minimum absolute atomic E-state index is 0.0664. The number of ether oxygens (including phenoxy) is 1. The van der Waals surface area contributed by atoms with Gasteiger partial charge in [-0.3, -0.25) is 4.79 Å². The Kier molecular flexibility index (Phi) is 3.89. The molecule has 0 unspecified atom stereocenters. The lowest BCUT2D eigenvalue weighted by molar-refractivity contribution is -0.138. The van der Waals surface area contributed by atoms with Crippen LogP contribution in [0.4, 0.5) is 5.69 Å². The van der Waals surface area contributed by atoms with E-state index in [9.17, 15) is 13.2 Å². The van der Waals surface area contributed by atoms with Gasteiger partial charge in [0.05, 0.1) is 17.7 Å². The molecule has 0 saturated carbocycles. The molecule has 1 aromatic rings. The van der Waals surface area contributed by atoms with Gasteiger partial charge in [-0.15, -0.1) is 0 Å². The van der Waals surface area contributed by atoms with Gasteiger partial charge in [-0.1, -0.05) is 12.1 Å².